The summed E-state index contributed by atoms with van der Waals surface area (Å²) in [6.45, 7) is 2.47. The molecule has 0 spiro atoms. The Morgan fingerprint density at radius 2 is 2.27 bits per heavy atom. The zero-order valence-corrected chi connectivity index (χ0v) is 10.0. The molecule has 0 saturated heterocycles. The van der Waals surface area contributed by atoms with Gasteiger partial charge in [0.05, 0.1) is 6.54 Å². The van der Waals surface area contributed by atoms with Crippen LogP contribution < -0.4 is 5.73 Å². The number of hydrogen-bond donors (Lipinski definition) is 1. The summed E-state index contributed by atoms with van der Waals surface area (Å²) in [5.41, 5.74) is 7.82. The minimum atomic E-state index is 0.445. The third-order valence-corrected chi connectivity index (χ3v) is 2.75. The number of imidazole rings is 1. The fourth-order valence-electron chi connectivity index (χ4n) is 1.60. The highest BCUT2D eigenvalue weighted by Crippen LogP contribution is 2.18. The van der Waals surface area contributed by atoms with Gasteiger partial charge in [-0.2, -0.15) is 0 Å². The van der Waals surface area contributed by atoms with Crippen molar-refractivity contribution in [1.29, 1.82) is 0 Å². The molecular formula is C11H12BrN3. The normalized spacial score (nSPS) is 10.6. The highest BCUT2D eigenvalue weighted by molar-refractivity contribution is 9.10. The SMILES string of the molecule is Cc1cnc(CN)n1-c1cccc(Br)c1. The monoisotopic (exact) mass is 265 g/mol. The van der Waals surface area contributed by atoms with E-state index in [4.69, 9.17) is 5.73 Å². The molecule has 0 unspecified atom stereocenters. The van der Waals surface area contributed by atoms with Gasteiger partial charge in [0.15, 0.2) is 0 Å². The first-order chi connectivity index (χ1) is 7.22. The number of hydrogen-bond acceptors (Lipinski definition) is 2. The zero-order valence-electron chi connectivity index (χ0n) is 8.44. The number of rotatable bonds is 2. The summed E-state index contributed by atoms with van der Waals surface area (Å²) in [7, 11) is 0. The van der Waals surface area contributed by atoms with E-state index in [9.17, 15) is 0 Å². The van der Waals surface area contributed by atoms with Crippen LogP contribution in [-0.2, 0) is 6.54 Å². The van der Waals surface area contributed by atoms with E-state index in [1.165, 1.54) is 0 Å². The van der Waals surface area contributed by atoms with E-state index in [0.717, 1.165) is 21.7 Å². The van der Waals surface area contributed by atoms with E-state index in [1.807, 2.05) is 37.4 Å². The van der Waals surface area contributed by atoms with Crippen molar-refractivity contribution in [1.82, 2.24) is 9.55 Å². The predicted molar refractivity (Wildman–Crippen MR) is 63.9 cm³/mol. The van der Waals surface area contributed by atoms with Crippen LogP contribution in [0.3, 0.4) is 0 Å². The van der Waals surface area contributed by atoms with Crippen LogP contribution >= 0.6 is 15.9 Å². The van der Waals surface area contributed by atoms with E-state index < -0.39 is 0 Å². The number of benzene rings is 1. The Balaban J connectivity index is 2.57. The quantitative estimate of drug-likeness (QED) is 0.907. The number of nitrogens with two attached hydrogens (primary N) is 1. The second-order valence-electron chi connectivity index (χ2n) is 3.34. The smallest absolute Gasteiger partial charge is 0.127 e. The number of halogens is 1. The molecule has 1 heterocycles. The summed E-state index contributed by atoms with van der Waals surface area (Å²) in [5.74, 6) is 0.880. The van der Waals surface area contributed by atoms with Gasteiger partial charge in [-0.15, -0.1) is 0 Å². The molecule has 0 bridgehead atoms. The molecule has 1 aromatic heterocycles. The van der Waals surface area contributed by atoms with Gasteiger partial charge in [-0.3, -0.25) is 4.57 Å². The summed E-state index contributed by atoms with van der Waals surface area (Å²) >= 11 is 3.45. The van der Waals surface area contributed by atoms with Crippen LogP contribution in [0.1, 0.15) is 11.5 Å². The molecule has 0 radical (unpaired) electrons. The molecule has 4 heteroatoms. The van der Waals surface area contributed by atoms with Crippen LogP contribution in [0.4, 0.5) is 0 Å². The lowest BCUT2D eigenvalue weighted by Crippen LogP contribution is -2.07. The Labute approximate surface area is 97.1 Å². The number of nitrogens with zero attached hydrogens (tertiary/aromatic N) is 2. The van der Waals surface area contributed by atoms with Crippen LogP contribution in [0.2, 0.25) is 0 Å². The Hall–Kier alpha value is -1.13. The molecule has 0 aliphatic heterocycles. The van der Waals surface area contributed by atoms with Crippen molar-refractivity contribution in [2.45, 2.75) is 13.5 Å². The molecular weight excluding hydrogens is 254 g/mol. The summed E-state index contributed by atoms with van der Waals surface area (Å²) in [5, 5.41) is 0. The molecule has 0 fully saturated rings. The Bertz CT molecular complexity index is 476. The molecule has 0 aliphatic rings. The molecule has 0 amide bonds. The summed E-state index contributed by atoms with van der Waals surface area (Å²) in [4.78, 5) is 4.26. The Morgan fingerprint density at radius 3 is 2.93 bits per heavy atom. The summed E-state index contributed by atoms with van der Waals surface area (Å²) < 4.78 is 3.11. The lowest BCUT2D eigenvalue weighted by Gasteiger charge is -2.09. The third kappa shape index (κ3) is 1.96. The molecule has 2 aromatic rings. The maximum absolute atomic E-state index is 5.64. The van der Waals surface area contributed by atoms with E-state index in [-0.39, 0.29) is 0 Å². The van der Waals surface area contributed by atoms with Crippen LogP contribution in [0, 0.1) is 6.92 Å². The van der Waals surface area contributed by atoms with Crippen LogP contribution in [0.5, 0.6) is 0 Å². The third-order valence-electron chi connectivity index (χ3n) is 2.26. The van der Waals surface area contributed by atoms with Crippen molar-refractivity contribution in [2.75, 3.05) is 0 Å². The molecule has 78 valence electrons. The van der Waals surface area contributed by atoms with Crippen molar-refractivity contribution in [3.8, 4) is 5.69 Å². The minimum absolute atomic E-state index is 0.445. The first-order valence-corrected chi connectivity index (χ1v) is 5.51. The van der Waals surface area contributed by atoms with Crippen molar-refractivity contribution < 1.29 is 0 Å². The Kier molecular flexibility index (Phi) is 2.88. The Morgan fingerprint density at radius 1 is 1.47 bits per heavy atom. The van der Waals surface area contributed by atoms with Crippen molar-refractivity contribution in [3.63, 3.8) is 0 Å². The summed E-state index contributed by atoms with van der Waals surface area (Å²) in [6.07, 6.45) is 1.84. The molecule has 0 aliphatic carbocycles. The second kappa shape index (κ2) is 4.16. The van der Waals surface area contributed by atoms with Crippen LogP contribution in [0.15, 0.2) is 34.9 Å². The van der Waals surface area contributed by atoms with Gasteiger partial charge < -0.3 is 5.73 Å². The number of aromatic nitrogens is 2. The molecule has 0 atom stereocenters. The molecule has 2 rings (SSSR count). The maximum atomic E-state index is 5.64. The van der Waals surface area contributed by atoms with Gasteiger partial charge in [0.25, 0.3) is 0 Å². The summed E-state index contributed by atoms with van der Waals surface area (Å²) in [6, 6.07) is 8.09. The predicted octanol–water partition coefficient (Wildman–Crippen LogP) is 2.40. The van der Waals surface area contributed by atoms with Crippen LogP contribution in [0.25, 0.3) is 5.69 Å². The average molecular weight is 266 g/mol. The van der Waals surface area contributed by atoms with E-state index in [2.05, 4.69) is 25.5 Å². The fraction of sp³-hybridized carbons (Fsp3) is 0.182. The topological polar surface area (TPSA) is 43.8 Å². The van der Waals surface area contributed by atoms with Crippen molar-refractivity contribution in [2.24, 2.45) is 5.73 Å². The van der Waals surface area contributed by atoms with Gasteiger partial charge in [0, 0.05) is 22.1 Å². The average Bonchev–Trinajstić information content (AvgIpc) is 2.59. The van der Waals surface area contributed by atoms with Gasteiger partial charge in [-0.1, -0.05) is 22.0 Å². The lowest BCUT2D eigenvalue weighted by atomic mass is 10.3. The highest BCUT2D eigenvalue weighted by Gasteiger charge is 2.07. The molecule has 0 saturated carbocycles. The lowest BCUT2D eigenvalue weighted by molar-refractivity contribution is 0.851. The van der Waals surface area contributed by atoms with E-state index in [1.54, 1.807) is 0 Å². The molecule has 15 heavy (non-hydrogen) atoms. The number of aryl methyl sites for hydroxylation is 1. The van der Waals surface area contributed by atoms with Crippen LogP contribution in [-0.4, -0.2) is 9.55 Å². The maximum Gasteiger partial charge on any atom is 0.127 e. The van der Waals surface area contributed by atoms with E-state index >= 15 is 0 Å². The molecule has 3 nitrogen and oxygen atoms in total. The molecule has 2 N–H and O–H groups in total. The second-order valence-corrected chi connectivity index (χ2v) is 4.25. The highest BCUT2D eigenvalue weighted by atomic mass is 79.9. The fourth-order valence-corrected chi connectivity index (χ4v) is 1.99. The molecule has 1 aromatic carbocycles. The van der Waals surface area contributed by atoms with Gasteiger partial charge in [-0.25, -0.2) is 4.98 Å². The standard InChI is InChI=1S/C11H12BrN3/c1-8-7-14-11(6-13)15(8)10-4-2-3-9(12)5-10/h2-5,7H,6,13H2,1H3. The zero-order chi connectivity index (χ0) is 10.8. The van der Waals surface area contributed by atoms with Gasteiger partial charge in [0.2, 0.25) is 0 Å². The van der Waals surface area contributed by atoms with Crippen molar-refractivity contribution in [3.05, 3.63) is 46.5 Å². The first-order valence-electron chi connectivity index (χ1n) is 4.71. The van der Waals surface area contributed by atoms with Gasteiger partial charge >= 0.3 is 0 Å². The minimum Gasteiger partial charge on any atom is -0.324 e. The van der Waals surface area contributed by atoms with Crippen molar-refractivity contribution >= 4 is 15.9 Å². The van der Waals surface area contributed by atoms with E-state index in [0.29, 0.717) is 6.54 Å². The largest absolute Gasteiger partial charge is 0.324 e. The van der Waals surface area contributed by atoms with Gasteiger partial charge in [-0.05, 0) is 25.1 Å². The first kappa shape index (κ1) is 10.4. The van der Waals surface area contributed by atoms with Gasteiger partial charge in [0.1, 0.15) is 5.82 Å².